The molecule has 0 amide bonds. The third-order valence-electron chi connectivity index (χ3n) is 5.64. The Kier molecular flexibility index (Phi) is 5.63. The molecule has 0 bridgehead atoms. The number of ether oxygens (including phenoxy) is 2. The van der Waals surface area contributed by atoms with E-state index in [-0.39, 0.29) is 5.56 Å². The van der Waals surface area contributed by atoms with Crippen molar-refractivity contribution in [1.29, 1.82) is 0 Å². The summed E-state index contributed by atoms with van der Waals surface area (Å²) in [5.41, 5.74) is 1.69. The van der Waals surface area contributed by atoms with Crippen LogP contribution in [0.3, 0.4) is 0 Å². The first-order chi connectivity index (χ1) is 15.0. The van der Waals surface area contributed by atoms with Gasteiger partial charge >= 0.3 is 5.92 Å². The van der Waals surface area contributed by atoms with Crippen LogP contribution in [0.2, 0.25) is 0 Å². The number of Topliss-reactive ketones (excluding diaryl/α,β-unsaturated/α-hetero) is 1. The highest BCUT2D eigenvalue weighted by molar-refractivity contribution is 6.02. The predicted octanol–water partition coefficient (Wildman–Crippen LogP) is 5.33. The summed E-state index contributed by atoms with van der Waals surface area (Å²) in [6.07, 6.45) is 0.538. The van der Waals surface area contributed by atoms with E-state index in [1.54, 1.807) is 59.5 Å². The first-order valence-electron chi connectivity index (χ1n) is 10.0. The molecule has 4 nitrogen and oxygen atoms in total. The van der Waals surface area contributed by atoms with Crippen molar-refractivity contribution in [2.45, 2.75) is 18.4 Å². The second-order valence-corrected chi connectivity index (χ2v) is 7.41. The van der Waals surface area contributed by atoms with Crippen molar-refractivity contribution in [3.63, 3.8) is 0 Å². The van der Waals surface area contributed by atoms with Crippen molar-refractivity contribution in [3.05, 3.63) is 89.5 Å². The summed E-state index contributed by atoms with van der Waals surface area (Å²) in [5, 5.41) is 0. The van der Waals surface area contributed by atoms with E-state index in [1.165, 1.54) is 26.4 Å². The number of methoxy groups -OCH3 is 2. The number of carbonyl (C=O) groups excluding carboxylic acids is 1. The SMILES string of the molecule is COc1cc2c(cc1OC)C(C(F)(F)C(=O)c1ccccc1)N(c1ccccc1)CC2. The average Bonchev–Trinajstić information content (AvgIpc) is 2.82. The fourth-order valence-electron chi connectivity index (χ4n) is 4.14. The van der Waals surface area contributed by atoms with E-state index in [9.17, 15) is 4.79 Å². The Morgan fingerprint density at radius 3 is 2.13 bits per heavy atom. The number of hydrogen-bond acceptors (Lipinski definition) is 4. The van der Waals surface area contributed by atoms with Crippen LogP contribution in [0.15, 0.2) is 72.8 Å². The summed E-state index contributed by atoms with van der Waals surface area (Å²) in [5.74, 6) is -4.05. The number of hydrogen-bond donors (Lipinski definition) is 0. The van der Waals surface area contributed by atoms with Gasteiger partial charge in [0, 0.05) is 17.8 Å². The van der Waals surface area contributed by atoms with Gasteiger partial charge in [0.05, 0.1) is 14.2 Å². The summed E-state index contributed by atoms with van der Waals surface area (Å²) in [6, 6.07) is 18.5. The van der Waals surface area contributed by atoms with Crippen LogP contribution in [0.25, 0.3) is 0 Å². The molecule has 1 aliphatic heterocycles. The number of rotatable bonds is 6. The minimum Gasteiger partial charge on any atom is -0.493 e. The number of benzene rings is 3. The molecule has 0 saturated carbocycles. The summed E-state index contributed by atoms with van der Waals surface area (Å²) >= 11 is 0. The van der Waals surface area contributed by atoms with Crippen molar-refractivity contribution in [2.24, 2.45) is 0 Å². The second-order valence-electron chi connectivity index (χ2n) is 7.41. The summed E-state index contributed by atoms with van der Waals surface area (Å²) in [7, 11) is 2.97. The van der Waals surface area contributed by atoms with Crippen molar-refractivity contribution >= 4 is 11.5 Å². The largest absolute Gasteiger partial charge is 0.493 e. The van der Waals surface area contributed by atoms with Crippen molar-refractivity contribution < 1.29 is 23.0 Å². The first-order valence-corrected chi connectivity index (χ1v) is 10.0. The lowest BCUT2D eigenvalue weighted by atomic mass is 9.85. The van der Waals surface area contributed by atoms with Crippen LogP contribution in [0.1, 0.15) is 27.5 Å². The molecule has 0 aromatic heterocycles. The molecule has 3 aromatic carbocycles. The van der Waals surface area contributed by atoms with E-state index in [1.807, 2.05) is 6.07 Å². The summed E-state index contributed by atoms with van der Waals surface area (Å²) in [4.78, 5) is 14.6. The molecule has 31 heavy (non-hydrogen) atoms. The Morgan fingerprint density at radius 1 is 0.935 bits per heavy atom. The lowest BCUT2D eigenvalue weighted by Crippen LogP contribution is -2.49. The maximum atomic E-state index is 16.0. The minimum absolute atomic E-state index is 0.0203. The van der Waals surface area contributed by atoms with E-state index in [4.69, 9.17) is 9.47 Å². The van der Waals surface area contributed by atoms with E-state index < -0.39 is 17.7 Å². The van der Waals surface area contributed by atoms with Gasteiger partial charge in [-0.25, -0.2) is 0 Å². The molecular weight excluding hydrogens is 400 g/mol. The lowest BCUT2D eigenvalue weighted by Gasteiger charge is -2.42. The normalized spacial score (nSPS) is 15.9. The number of nitrogens with zero attached hydrogens (tertiary/aromatic N) is 1. The highest BCUT2D eigenvalue weighted by Gasteiger charge is 2.53. The smallest absolute Gasteiger partial charge is 0.333 e. The number of alkyl halides is 2. The Labute approximate surface area is 180 Å². The van der Waals surface area contributed by atoms with Crippen molar-refractivity contribution in [3.8, 4) is 11.5 Å². The van der Waals surface area contributed by atoms with Crippen LogP contribution in [0.4, 0.5) is 14.5 Å². The van der Waals surface area contributed by atoms with E-state index in [0.717, 1.165) is 5.56 Å². The Hall–Kier alpha value is -3.41. The summed E-state index contributed by atoms with van der Waals surface area (Å²) < 4.78 is 42.7. The first kappa shape index (κ1) is 20.8. The molecule has 1 aliphatic rings. The fraction of sp³-hybridized carbons (Fsp3) is 0.240. The maximum Gasteiger partial charge on any atom is 0.333 e. The van der Waals surface area contributed by atoms with Gasteiger partial charge < -0.3 is 14.4 Å². The second kappa shape index (κ2) is 8.38. The van der Waals surface area contributed by atoms with Crippen LogP contribution in [0, 0.1) is 0 Å². The molecule has 0 N–H and O–H groups in total. The molecular formula is C25H23F2NO3. The maximum absolute atomic E-state index is 16.0. The van der Waals surface area contributed by atoms with E-state index >= 15 is 8.78 Å². The van der Waals surface area contributed by atoms with Crippen molar-refractivity contribution in [2.75, 3.05) is 25.7 Å². The molecule has 0 fully saturated rings. The van der Waals surface area contributed by atoms with Crippen LogP contribution in [-0.4, -0.2) is 32.5 Å². The number of fused-ring (bicyclic) bond motifs is 1. The minimum atomic E-state index is -3.67. The van der Waals surface area contributed by atoms with Gasteiger partial charge in [0.1, 0.15) is 6.04 Å². The van der Waals surface area contributed by atoms with Gasteiger partial charge in [0.25, 0.3) is 0 Å². The quantitative estimate of drug-likeness (QED) is 0.503. The van der Waals surface area contributed by atoms with E-state index in [2.05, 4.69) is 0 Å². The van der Waals surface area contributed by atoms with Gasteiger partial charge in [-0.3, -0.25) is 4.79 Å². The van der Waals surface area contributed by atoms with Crippen molar-refractivity contribution in [1.82, 2.24) is 0 Å². The van der Waals surface area contributed by atoms with Gasteiger partial charge in [0.15, 0.2) is 11.5 Å². The van der Waals surface area contributed by atoms with Gasteiger partial charge in [-0.05, 0) is 41.8 Å². The molecule has 1 heterocycles. The highest BCUT2D eigenvalue weighted by atomic mass is 19.3. The molecule has 160 valence electrons. The zero-order valence-electron chi connectivity index (χ0n) is 17.3. The molecule has 0 aliphatic carbocycles. The molecule has 1 atom stereocenters. The van der Waals surface area contributed by atoms with Crippen LogP contribution in [0.5, 0.6) is 11.5 Å². The van der Waals surface area contributed by atoms with Gasteiger partial charge in [0.2, 0.25) is 5.78 Å². The number of halogens is 2. The Morgan fingerprint density at radius 2 is 1.52 bits per heavy atom. The molecule has 0 spiro atoms. The third kappa shape index (κ3) is 3.74. The van der Waals surface area contributed by atoms with Crippen LogP contribution < -0.4 is 14.4 Å². The van der Waals surface area contributed by atoms with Gasteiger partial charge in [-0.1, -0.05) is 48.5 Å². The zero-order chi connectivity index (χ0) is 22.0. The predicted molar refractivity (Wildman–Crippen MR) is 115 cm³/mol. The van der Waals surface area contributed by atoms with Gasteiger partial charge in [-0.2, -0.15) is 8.78 Å². The average molecular weight is 423 g/mol. The zero-order valence-corrected chi connectivity index (χ0v) is 17.3. The fourth-order valence-corrected chi connectivity index (χ4v) is 4.14. The third-order valence-corrected chi connectivity index (χ3v) is 5.64. The Bertz CT molecular complexity index is 1070. The standard InChI is InChI=1S/C25H23F2NO3/c1-30-21-15-18-13-14-28(19-11-7-4-8-12-19)23(20(18)16-22(21)31-2)25(26,27)24(29)17-9-5-3-6-10-17/h3-12,15-16,23H,13-14H2,1-2H3. The number of anilines is 1. The molecule has 0 saturated heterocycles. The summed E-state index contributed by atoms with van der Waals surface area (Å²) in [6.45, 7) is 0.342. The van der Waals surface area contributed by atoms with E-state index in [0.29, 0.717) is 35.7 Å². The molecule has 4 rings (SSSR count). The molecule has 0 radical (unpaired) electrons. The molecule has 3 aromatic rings. The highest BCUT2D eigenvalue weighted by Crippen LogP contribution is 2.47. The topological polar surface area (TPSA) is 38.8 Å². The van der Waals surface area contributed by atoms with Gasteiger partial charge in [-0.15, -0.1) is 0 Å². The molecule has 1 unspecified atom stereocenters. The number of carbonyl (C=O) groups is 1. The lowest BCUT2D eigenvalue weighted by molar-refractivity contribution is -0.0104. The molecule has 6 heteroatoms. The van der Waals surface area contributed by atoms with Crippen LogP contribution in [-0.2, 0) is 6.42 Å². The number of para-hydroxylation sites is 1. The van der Waals surface area contributed by atoms with Crippen LogP contribution >= 0.6 is 0 Å². The monoisotopic (exact) mass is 423 g/mol. The number of ketones is 1. The Balaban J connectivity index is 1.88.